The monoisotopic (exact) mass is 492 g/mol. The average Bonchev–Trinajstić information content (AvgIpc) is 3.40. The maximum Gasteiger partial charge on any atom is 0.412 e. The summed E-state index contributed by atoms with van der Waals surface area (Å²) >= 11 is 0. The summed E-state index contributed by atoms with van der Waals surface area (Å²) in [7, 11) is 3.57. The molecule has 0 fully saturated rings. The smallest absolute Gasteiger partial charge is 0.412 e. The predicted molar refractivity (Wildman–Crippen MR) is 138 cm³/mol. The average molecular weight is 493 g/mol. The Bertz CT molecular complexity index is 1370. The van der Waals surface area contributed by atoms with Gasteiger partial charge in [-0.1, -0.05) is 23.4 Å². The van der Waals surface area contributed by atoms with Gasteiger partial charge in [0, 0.05) is 18.1 Å². The van der Waals surface area contributed by atoms with Crippen LogP contribution in [0, 0.1) is 6.92 Å². The minimum Gasteiger partial charge on any atom is -0.495 e. The van der Waals surface area contributed by atoms with Crippen LogP contribution in [-0.4, -0.2) is 40.1 Å². The fourth-order valence-corrected chi connectivity index (χ4v) is 4.02. The lowest BCUT2D eigenvalue weighted by molar-refractivity contribution is 0.0635. The lowest BCUT2D eigenvalue weighted by Gasteiger charge is -2.20. The zero-order valence-electron chi connectivity index (χ0n) is 21.5. The zero-order valence-corrected chi connectivity index (χ0v) is 21.5. The molecule has 0 bridgehead atoms. The van der Waals surface area contributed by atoms with Crippen LogP contribution in [0.15, 0.2) is 47.0 Å². The van der Waals surface area contributed by atoms with E-state index >= 15 is 0 Å². The molecule has 0 radical (unpaired) electrons. The summed E-state index contributed by atoms with van der Waals surface area (Å²) < 4.78 is 24.5. The van der Waals surface area contributed by atoms with Crippen molar-refractivity contribution in [2.24, 2.45) is 7.05 Å². The lowest BCUT2D eigenvalue weighted by Crippen LogP contribution is -2.27. The van der Waals surface area contributed by atoms with Crippen molar-refractivity contribution >= 4 is 22.7 Å². The van der Waals surface area contributed by atoms with Gasteiger partial charge in [-0.05, 0) is 70.4 Å². The molecule has 0 saturated heterocycles. The molecule has 2 aromatic carbocycles. The van der Waals surface area contributed by atoms with Crippen molar-refractivity contribution in [2.75, 3.05) is 19.0 Å². The molecule has 190 valence electrons. The molecule has 0 spiro atoms. The van der Waals surface area contributed by atoms with Crippen molar-refractivity contribution in [3.63, 3.8) is 0 Å². The molecule has 0 aliphatic rings. The van der Waals surface area contributed by atoms with Crippen molar-refractivity contribution in [3.8, 4) is 23.1 Å². The molecule has 2 heterocycles. The van der Waals surface area contributed by atoms with Crippen LogP contribution < -0.4 is 14.8 Å². The Labute approximate surface area is 210 Å². The summed E-state index contributed by atoms with van der Waals surface area (Å²) in [5.41, 5.74) is 2.85. The van der Waals surface area contributed by atoms with Crippen LogP contribution in [0.4, 0.5) is 10.5 Å². The van der Waals surface area contributed by atoms with Gasteiger partial charge in [-0.25, -0.2) is 4.79 Å². The second-order valence-electron chi connectivity index (χ2n) is 9.50. The van der Waals surface area contributed by atoms with E-state index in [1.165, 1.54) is 0 Å². The number of anilines is 1. The fraction of sp³-hybridized carbons (Fsp3) is 0.370. The van der Waals surface area contributed by atoms with Gasteiger partial charge in [0.25, 0.3) is 5.89 Å². The quantitative estimate of drug-likeness (QED) is 0.305. The van der Waals surface area contributed by atoms with Crippen molar-refractivity contribution in [1.82, 2.24) is 14.7 Å². The van der Waals surface area contributed by atoms with Crippen LogP contribution in [0.5, 0.6) is 11.5 Å². The van der Waals surface area contributed by atoms with Gasteiger partial charge in [-0.3, -0.25) is 5.32 Å². The van der Waals surface area contributed by atoms with E-state index in [0.717, 1.165) is 52.2 Å². The number of aromatic nitrogens is 3. The minimum absolute atomic E-state index is 0.438. The third kappa shape index (κ3) is 5.62. The molecule has 2 aromatic heterocycles. The van der Waals surface area contributed by atoms with Crippen LogP contribution in [0.2, 0.25) is 0 Å². The fourth-order valence-electron chi connectivity index (χ4n) is 4.02. The highest BCUT2D eigenvalue weighted by molar-refractivity contribution is 5.95. The number of nitrogens with one attached hydrogen (secondary N) is 1. The number of carbonyl (C=O) groups is 1. The number of ether oxygens (including phenoxy) is 3. The van der Waals surface area contributed by atoms with Crippen molar-refractivity contribution in [2.45, 2.75) is 46.1 Å². The van der Waals surface area contributed by atoms with Gasteiger partial charge in [0.15, 0.2) is 5.82 Å². The van der Waals surface area contributed by atoms with Crippen LogP contribution >= 0.6 is 0 Å². The number of nitrogens with zero attached hydrogens (tertiary/aromatic N) is 3. The Morgan fingerprint density at radius 1 is 1.14 bits per heavy atom. The molecule has 36 heavy (non-hydrogen) atoms. The van der Waals surface area contributed by atoms with Crippen LogP contribution in [0.1, 0.15) is 38.6 Å². The number of hydrogen-bond donors (Lipinski definition) is 1. The topological polar surface area (TPSA) is 101 Å². The molecule has 0 saturated carbocycles. The third-order valence-electron chi connectivity index (χ3n) is 5.59. The van der Waals surface area contributed by atoms with Crippen LogP contribution in [-0.2, 0) is 18.2 Å². The summed E-state index contributed by atoms with van der Waals surface area (Å²) in [6, 6.07) is 13.5. The SMILES string of the molecule is COc1ccc(OCCCc2ccccc2NC(=O)OC(C)(C)C)c2cc(-c3nc(C)no3)n(C)c12. The van der Waals surface area contributed by atoms with E-state index in [9.17, 15) is 4.79 Å². The van der Waals surface area contributed by atoms with Crippen LogP contribution in [0.3, 0.4) is 0 Å². The van der Waals surface area contributed by atoms with E-state index in [1.54, 1.807) is 14.0 Å². The van der Waals surface area contributed by atoms with Gasteiger partial charge in [0.1, 0.15) is 22.8 Å². The zero-order chi connectivity index (χ0) is 25.9. The second-order valence-corrected chi connectivity index (χ2v) is 9.50. The van der Waals surface area contributed by atoms with E-state index in [1.807, 2.05) is 74.9 Å². The highest BCUT2D eigenvalue weighted by atomic mass is 16.6. The summed E-state index contributed by atoms with van der Waals surface area (Å²) in [5.74, 6) is 2.47. The van der Waals surface area contributed by atoms with Gasteiger partial charge in [-0.2, -0.15) is 4.98 Å². The summed E-state index contributed by atoms with van der Waals surface area (Å²) in [4.78, 5) is 16.6. The molecule has 1 amide bonds. The number of aryl methyl sites for hydroxylation is 3. The van der Waals surface area contributed by atoms with Gasteiger partial charge in [-0.15, -0.1) is 0 Å². The summed E-state index contributed by atoms with van der Waals surface area (Å²) in [5, 5.41) is 7.65. The van der Waals surface area contributed by atoms with E-state index < -0.39 is 11.7 Å². The first-order valence-electron chi connectivity index (χ1n) is 11.8. The van der Waals surface area contributed by atoms with E-state index in [4.69, 9.17) is 18.7 Å². The van der Waals surface area contributed by atoms with Gasteiger partial charge >= 0.3 is 6.09 Å². The standard InChI is InChI=1S/C27H32N4O5/c1-17-28-25(36-30-17)21-16-19-22(13-14-23(33-6)24(19)31(21)5)34-15-9-11-18-10-7-8-12-20(18)29-26(32)35-27(2,3)4/h7-8,10,12-14,16H,9,11,15H2,1-6H3,(H,29,32). The lowest BCUT2D eigenvalue weighted by atomic mass is 10.1. The largest absolute Gasteiger partial charge is 0.495 e. The van der Waals surface area contributed by atoms with E-state index in [2.05, 4.69) is 15.5 Å². The number of fused-ring (bicyclic) bond motifs is 1. The maximum atomic E-state index is 12.2. The second kappa shape index (κ2) is 10.3. The Morgan fingerprint density at radius 3 is 2.58 bits per heavy atom. The molecule has 0 atom stereocenters. The molecular weight excluding hydrogens is 460 g/mol. The van der Waals surface area contributed by atoms with Gasteiger partial charge < -0.3 is 23.3 Å². The van der Waals surface area contributed by atoms with Gasteiger partial charge in [0.2, 0.25) is 0 Å². The van der Waals surface area contributed by atoms with E-state index in [-0.39, 0.29) is 0 Å². The highest BCUT2D eigenvalue weighted by Crippen LogP contribution is 2.38. The number of methoxy groups -OCH3 is 1. The summed E-state index contributed by atoms with van der Waals surface area (Å²) in [6.45, 7) is 7.79. The Hall–Kier alpha value is -4.01. The normalized spacial score (nSPS) is 11.5. The molecule has 4 aromatic rings. The van der Waals surface area contributed by atoms with E-state index in [0.29, 0.717) is 18.3 Å². The maximum absolute atomic E-state index is 12.2. The third-order valence-corrected chi connectivity index (χ3v) is 5.59. The molecular formula is C27H32N4O5. The predicted octanol–water partition coefficient (Wildman–Crippen LogP) is 5.90. The summed E-state index contributed by atoms with van der Waals surface area (Å²) in [6.07, 6.45) is 1.01. The number of amides is 1. The molecule has 9 heteroatoms. The Kier molecular flexibility index (Phi) is 7.19. The minimum atomic E-state index is -0.559. The van der Waals surface area contributed by atoms with Gasteiger partial charge in [0.05, 0.1) is 19.2 Å². The number of para-hydroxylation sites is 1. The number of hydrogen-bond acceptors (Lipinski definition) is 7. The van der Waals surface area contributed by atoms with Crippen molar-refractivity contribution < 1.29 is 23.5 Å². The first-order chi connectivity index (χ1) is 17.2. The van der Waals surface area contributed by atoms with Crippen molar-refractivity contribution in [3.05, 3.63) is 53.9 Å². The first-order valence-corrected chi connectivity index (χ1v) is 11.8. The van der Waals surface area contributed by atoms with Crippen molar-refractivity contribution in [1.29, 1.82) is 0 Å². The molecule has 1 N–H and O–H groups in total. The van der Waals surface area contributed by atoms with Crippen LogP contribution in [0.25, 0.3) is 22.5 Å². The number of benzene rings is 2. The molecule has 0 aliphatic carbocycles. The molecule has 0 unspecified atom stereocenters. The Morgan fingerprint density at radius 2 is 1.89 bits per heavy atom. The Balaban J connectivity index is 1.47. The molecule has 4 rings (SSSR count). The molecule has 9 nitrogen and oxygen atoms in total. The number of rotatable bonds is 8. The highest BCUT2D eigenvalue weighted by Gasteiger charge is 2.20. The molecule has 0 aliphatic heterocycles. The number of carbonyl (C=O) groups excluding carboxylic acids is 1. The first kappa shape index (κ1) is 25.1.